The van der Waals surface area contributed by atoms with Crippen LogP contribution in [0.1, 0.15) is 0 Å². The fourth-order valence-electron chi connectivity index (χ4n) is 5.82. The van der Waals surface area contributed by atoms with Crippen LogP contribution >= 0.6 is 52.1 Å². The minimum Gasteiger partial charge on any atom is -0.816 e. The van der Waals surface area contributed by atoms with E-state index in [9.17, 15) is 25.2 Å². The van der Waals surface area contributed by atoms with Gasteiger partial charge in [0.2, 0.25) is 0 Å². The molecule has 0 aliphatic rings. The summed E-state index contributed by atoms with van der Waals surface area (Å²) in [5.74, 6) is 0. The van der Waals surface area contributed by atoms with Crippen LogP contribution in [0, 0.1) is 0 Å². The minimum absolute atomic E-state index is 2.00. The molecule has 0 atom stereocenters. The van der Waals surface area contributed by atoms with Crippen LogP contribution < -0.4 is 114 Å². The predicted molar refractivity (Wildman–Crippen MR) is 380 cm³/mol. The zero-order valence-corrected chi connectivity index (χ0v) is 67.2. The van der Waals surface area contributed by atoms with Gasteiger partial charge in [-0.25, -0.2) is 54.8 Å². The fraction of sp³-hybridized carbons (Fsp3) is 0.167. The Morgan fingerprint density at radius 1 is 0.120 bits per heavy atom. The number of hydrogen-bond donors (Lipinski definition) is 0. The maximum absolute atomic E-state index is 9.95. The van der Waals surface area contributed by atoms with Crippen LogP contribution in [0.5, 0.6) is 0 Å². The SMILES string of the molecule is C[n+]1ccccc1.C[n+]1ccccc1.C[n+]1ccccc1.C[n+]1ccccc1.C[n+]1ccccc1.C[n+]1ccccc1.C[n+]1ccccc1.C[n+]1ccccc1.C[n+]1ccccc1.C[n+]1ccccc1.C[n+]1ccccc1.C[n+]1ccccc1.[O-]P([O-])F.[O-]P([O-])F.[O-]P([O-])F.[O-]P([O-])F.[O-]P([O-])F.[O-]P([O-])F. The van der Waals surface area contributed by atoms with Crippen LogP contribution in [0.25, 0.3) is 0 Å². The molecule has 24 nitrogen and oxygen atoms in total. The van der Waals surface area contributed by atoms with E-state index in [0.717, 1.165) is 0 Å². The van der Waals surface area contributed by atoms with E-state index >= 15 is 0 Å². The summed E-state index contributed by atoms with van der Waals surface area (Å²) in [5, 5.41) is 0. The Balaban J connectivity index is -0.000000256. The summed E-state index contributed by atoms with van der Waals surface area (Å²) in [6, 6.07) is 72.0. The van der Waals surface area contributed by atoms with Gasteiger partial charge < -0.3 is 58.7 Å². The van der Waals surface area contributed by atoms with Crippen molar-refractivity contribution in [2.45, 2.75) is 0 Å². The normalized spacial score (nSPS) is 8.78. The van der Waals surface area contributed by atoms with E-state index in [2.05, 4.69) is 0 Å². The molecule has 0 saturated heterocycles. The average Bonchev–Trinajstić information content (AvgIpc) is 3.27. The lowest BCUT2D eigenvalue weighted by Gasteiger charge is -2.14. The van der Waals surface area contributed by atoms with E-state index < -0.39 is 52.1 Å². The van der Waals surface area contributed by atoms with Crippen molar-refractivity contribution in [3.05, 3.63) is 367 Å². The van der Waals surface area contributed by atoms with Gasteiger partial charge in [-0.15, -0.1) is 52.1 Å². The molecule has 36 heteroatoms. The summed E-state index contributed by atoms with van der Waals surface area (Å²) in [6.45, 7) is 0. The molecule has 0 bridgehead atoms. The third-order valence-corrected chi connectivity index (χ3v) is 10.4. The quantitative estimate of drug-likeness (QED) is 0.106. The molecule has 0 unspecified atom stereocenters. The summed E-state index contributed by atoms with van der Waals surface area (Å²) >= 11 is 0. The van der Waals surface area contributed by atoms with E-state index in [1.165, 1.54) is 0 Å². The molecule has 0 spiro atoms. The summed E-state index contributed by atoms with van der Waals surface area (Å²) in [7, 11) is 2.28. The molecule has 12 aromatic rings. The highest BCUT2D eigenvalue weighted by Crippen LogP contribution is 2.10. The molecule has 0 fully saturated rings. The topological polar surface area (TPSA) is 323 Å². The number of halogens is 6. The van der Waals surface area contributed by atoms with Crippen LogP contribution in [0.4, 0.5) is 25.2 Å². The van der Waals surface area contributed by atoms with Crippen molar-refractivity contribution in [1.29, 1.82) is 0 Å². The number of nitrogens with zero attached hydrogens (tertiary/aromatic N) is 12. The molecular weight excluding hydrogens is 1520 g/mol. The van der Waals surface area contributed by atoms with Crippen LogP contribution in [-0.4, -0.2) is 0 Å². The van der Waals surface area contributed by atoms with Crippen molar-refractivity contribution in [3.63, 3.8) is 0 Å². The summed E-state index contributed by atoms with van der Waals surface area (Å²) in [5.41, 5.74) is 0. The molecule has 588 valence electrons. The molecule has 12 rings (SSSR count). The number of pyridine rings is 12. The average molecular weight is 1620 g/mol. The number of aryl methyl sites for hydroxylation is 12. The van der Waals surface area contributed by atoms with Crippen LogP contribution in [0.2, 0.25) is 0 Å². The minimum atomic E-state index is -3.62. The highest BCUT2D eigenvalue weighted by Gasteiger charge is 1.86. The monoisotopic (exact) mass is 1620 g/mol. The second-order valence-electron chi connectivity index (χ2n) is 19.8. The van der Waals surface area contributed by atoms with Gasteiger partial charge in [0.15, 0.2) is 149 Å². The molecule has 0 aliphatic carbocycles. The van der Waals surface area contributed by atoms with Gasteiger partial charge in [-0.2, -0.15) is 0 Å². The van der Waals surface area contributed by atoms with Gasteiger partial charge in [-0.3, -0.25) is 25.2 Å². The van der Waals surface area contributed by atoms with Gasteiger partial charge in [0, 0.05) is 146 Å². The molecule has 0 radical (unpaired) electrons. The Morgan fingerprint density at radius 3 is 0.176 bits per heavy atom. The lowest BCUT2D eigenvalue weighted by Crippen LogP contribution is -2.25. The molecule has 0 aliphatic heterocycles. The van der Waals surface area contributed by atoms with E-state index in [1.54, 1.807) is 0 Å². The van der Waals surface area contributed by atoms with E-state index in [0.29, 0.717) is 0 Å². The Morgan fingerprint density at radius 2 is 0.157 bits per heavy atom. The first-order chi connectivity index (χ1) is 51.1. The van der Waals surface area contributed by atoms with Crippen molar-refractivity contribution >= 4 is 52.1 Å². The Hall–Kier alpha value is -8.52. The highest BCUT2D eigenvalue weighted by atomic mass is 31.2. The lowest BCUT2D eigenvalue weighted by atomic mass is 10.5. The maximum Gasteiger partial charge on any atom is 0.168 e. The zero-order chi connectivity index (χ0) is 82.8. The largest absolute Gasteiger partial charge is 0.816 e. The third-order valence-electron chi connectivity index (χ3n) is 10.4. The molecule has 0 amide bonds. The predicted octanol–water partition coefficient (Wildman–Crippen LogP) is -0.446. The maximum atomic E-state index is 9.95. The zero-order valence-electron chi connectivity index (χ0n) is 61.9. The molecule has 12 heterocycles. The lowest BCUT2D eigenvalue weighted by molar-refractivity contribution is -0.671. The van der Waals surface area contributed by atoms with Gasteiger partial charge in [-0.05, 0) is 0 Å². The number of rotatable bonds is 0. The second-order valence-corrected chi connectivity index (χ2v) is 22.3. The first-order valence-corrected chi connectivity index (χ1v) is 37.2. The summed E-state index contributed by atoms with van der Waals surface area (Å²) < 4.78 is 83.7. The van der Waals surface area contributed by atoms with Gasteiger partial charge in [-0.1, -0.05) is 72.8 Å². The van der Waals surface area contributed by atoms with Crippen molar-refractivity contribution in [2.24, 2.45) is 84.6 Å². The third kappa shape index (κ3) is 119. The van der Waals surface area contributed by atoms with Gasteiger partial charge >= 0.3 is 0 Å². The summed E-state index contributed by atoms with van der Waals surface area (Å²) in [4.78, 5) is 100. The molecule has 0 saturated carbocycles. The molecule has 108 heavy (non-hydrogen) atoms. The van der Waals surface area contributed by atoms with Crippen molar-refractivity contribution in [1.82, 2.24) is 0 Å². The molecule has 0 aromatic carbocycles. The van der Waals surface area contributed by atoms with Crippen molar-refractivity contribution in [3.8, 4) is 0 Å². The smallest absolute Gasteiger partial charge is 0.168 e. The van der Waals surface area contributed by atoms with Crippen molar-refractivity contribution in [2.75, 3.05) is 0 Å². The Labute approximate surface area is 639 Å². The van der Waals surface area contributed by atoms with E-state index in [4.69, 9.17) is 58.7 Å². The fourth-order valence-corrected chi connectivity index (χ4v) is 5.82. The van der Waals surface area contributed by atoms with Gasteiger partial charge in [0.1, 0.15) is 84.6 Å². The molecule has 12 aromatic heterocycles. The molecule has 0 N–H and O–H groups in total. The van der Waals surface area contributed by atoms with Crippen LogP contribution in [0.15, 0.2) is 367 Å². The molecular formula is C72H96F6N12O12P6. The van der Waals surface area contributed by atoms with Crippen LogP contribution in [-0.2, 0) is 84.6 Å². The number of hydrogen-bond acceptors (Lipinski definition) is 12. The van der Waals surface area contributed by atoms with Gasteiger partial charge in [0.05, 0.1) is 0 Å². The van der Waals surface area contributed by atoms with Crippen molar-refractivity contribution < 1.29 is 139 Å². The van der Waals surface area contributed by atoms with Crippen LogP contribution in [0.3, 0.4) is 0 Å². The Bertz CT molecular complexity index is 2790. The summed E-state index contributed by atoms with van der Waals surface area (Å²) in [6.07, 6.45) is 48.0. The highest BCUT2D eigenvalue weighted by molar-refractivity contribution is 7.36. The van der Waals surface area contributed by atoms with E-state index in [-0.39, 0.29) is 0 Å². The van der Waals surface area contributed by atoms with Gasteiger partial charge in [0.25, 0.3) is 0 Å². The Kier molecular flexibility index (Phi) is 86.0. The van der Waals surface area contributed by atoms with E-state index in [1.807, 2.05) is 506 Å². The first kappa shape index (κ1) is 110. The number of aromatic nitrogens is 12. The standard InChI is InChI=1S/12C6H8N.6FO2P/c12*1-7-5-3-2-4-6-7;6*1-4(2)3/h12*2-6H,1H3;;;;;;/q12*+1;6*-2. The first-order valence-electron chi connectivity index (χ1n) is 30.8. The second kappa shape index (κ2) is 84.1.